The molecule has 2 N–H and O–H groups in total. The first kappa shape index (κ1) is 11.2. The highest BCUT2D eigenvalue weighted by Gasteiger charge is 2.17. The number of nitrogens with one attached hydrogen (secondary N) is 2. The van der Waals surface area contributed by atoms with Gasteiger partial charge in [0.15, 0.2) is 5.82 Å². The zero-order valence-corrected chi connectivity index (χ0v) is 10.3. The largest absolute Gasteiger partial charge is 0.478 e. The average molecular weight is 244 g/mol. The third kappa shape index (κ3) is 2.09. The van der Waals surface area contributed by atoms with Gasteiger partial charge in [0, 0.05) is 12.6 Å². The van der Waals surface area contributed by atoms with Crippen LogP contribution in [0.4, 0.5) is 5.82 Å². The third-order valence-electron chi connectivity index (χ3n) is 3.13. The minimum atomic E-state index is 0.398. The number of methoxy groups -OCH3 is 1. The predicted molar refractivity (Wildman–Crippen MR) is 71.0 cm³/mol. The van der Waals surface area contributed by atoms with Crippen LogP contribution in [0.25, 0.3) is 11.0 Å². The van der Waals surface area contributed by atoms with Gasteiger partial charge in [-0.05, 0) is 25.1 Å². The molecular weight excluding hydrogens is 228 g/mol. The van der Waals surface area contributed by atoms with Crippen LogP contribution >= 0.6 is 0 Å². The fourth-order valence-electron chi connectivity index (χ4n) is 2.19. The summed E-state index contributed by atoms with van der Waals surface area (Å²) in [5.41, 5.74) is 1.73. The number of nitrogens with zero attached hydrogens (tertiary/aromatic N) is 2. The highest BCUT2D eigenvalue weighted by Crippen LogP contribution is 2.24. The first-order valence-corrected chi connectivity index (χ1v) is 6.15. The average Bonchev–Trinajstić information content (AvgIpc) is 2.91. The maximum atomic E-state index is 5.31. The molecule has 3 rings (SSSR count). The van der Waals surface area contributed by atoms with Crippen LogP contribution in [0, 0.1) is 0 Å². The second-order valence-corrected chi connectivity index (χ2v) is 4.40. The number of para-hydroxylation sites is 2. The Morgan fingerprint density at radius 1 is 1.28 bits per heavy atom. The lowest BCUT2D eigenvalue weighted by atomic mass is 10.2. The minimum absolute atomic E-state index is 0.398. The Balaban J connectivity index is 1.97. The van der Waals surface area contributed by atoms with Gasteiger partial charge < -0.3 is 15.4 Å². The van der Waals surface area contributed by atoms with Crippen molar-refractivity contribution in [1.29, 1.82) is 0 Å². The molecule has 18 heavy (non-hydrogen) atoms. The van der Waals surface area contributed by atoms with E-state index in [1.807, 2.05) is 24.3 Å². The lowest BCUT2D eigenvalue weighted by molar-refractivity contribution is 0.399. The summed E-state index contributed by atoms with van der Waals surface area (Å²) in [7, 11) is 1.62. The summed E-state index contributed by atoms with van der Waals surface area (Å²) in [5, 5.41) is 6.71. The molecule has 1 unspecified atom stereocenters. The SMILES string of the molecule is COc1nc2ccccc2nc1NC1CCNC1. The van der Waals surface area contributed by atoms with Crippen molar-refractivity contribution in [2.24, 2.45) is 0 Å². The fraction of sp³-hybridized carbons (Fsp3) is 0.385. The van der Waals surface area contributed by atoms with Crippen molar-refractivity contribution < 1.29 is 4.74 Å². The molecule has 0 radical (unpaired) electrons. The summed E-state index contributed by atoms with van der Waals surface area (Å²) in [6.07, 6.45) is 1.09. The quantitative estimate of drug-likeness (QED) is 0.855. The Morgan fingerprint density at radius 3 is 2.72 bits per heavy atom. The molecule has 1 aliphatic rings. The van der Waals surface area contributed by atoms with Crippen molar-refractivity contribution in [1.82, 2.24) is 15.3 Å². The molecule has 0 bridgehead atoms. The van der Waals surface area contributed by atoms with E-state index in [0.29, 0.717) is 11.9 Å². The molecule has 2 aromatic rings. The molecule has 2 heterocycles. The van der Waals surface area contributed by atoms with Crippen LogP contribution in [0.5, 0.6) is 5.88 Å². The van der Waals surface area contributed by atoms with Gasteiger partial charge >= 0.3 is 0 Å². The van der Waals surface area contributed by atoms with Crippen LogP contribution in [0.3, 0.4) is 0 Å². The van der Waals surface area contributed by atoms with Crippen molar-refractivity contribution in [2.45, 2.75) is 12.5 Å². The summed E-state index contributed by atoms with van der Waals surface area (Å²) in [6, 6.07) is 8.20. The van der Waals surface area contributed by atoms with Crippen LogP contribution in [0.2, 0.25) is 0 Å². The van der Waals surface area contributed by atoms with Crippen LogP contribution < -0.4 is 15.4 Å². The number of hydrogen-bond donors (Lipinski definition) is 2. The molecule has 5 heteroatoms. The monoisotopic (exact) mass is 244 g/mol. The van der Waals surface area contributed by atoms with Gasteiger partial charge in [-0.25, -0.2) is 9.97 Å². The Kier molecular flexibility index (Phi) is 2.98. The highest BCUT2D eigenvalue weighted by atomic mass is 16.5. The highest BCUT2D eigenvalue weighted by molar-refractivity contribution is 5.77. The number of rotatable bonds is 3. The van der Waals surface area contributed by atoms with E-state index in [9.17, 15) is 0 Å². The number of anilines is 1. The molecule has 0 spiro atoms. The van der Waals surface area contributed by atoms with Gasteiger partial charge in [0.2, 0.25) is 0 Å². The van der Waals surface area contributed by atoms with Gasteiger partial charge in [0.25, 0.3) is 5.88 Å². The third-order valence-corrected chi connectivity index (χ3v) is 3.13. The van der Waals surface area contributed by atoms with Gasteiger partial charge in [-0.2, -0.15) is 0 Å². The van der Waals surface area contributed by atoms with Gasteiger partial charge in [0.05, 0.1) is 18.1 Å². The van der Waals surface area contributed by atoms with Crippen LogP contribution in [-0.2, 0) is 0 Å². The molecule has 0 saturated carbocycles. The van der Waals surface area contributed by atoms with Gasteiger partial charge in [-0.1, -0.05) is 12.1 Å². The Hall–Kier alpha value is -1.88. The molecule has 1 fully saturated rings. The number of aromatic nitrogens is 2. The Morgan fingerprint density at radius 2 is 2.06 bits per heavy atom. The van der Waals surface area contributed by atoms with E-state index in [2.05, 4.69) is 20.6 Å². The molecule has 1 saturated heterocycles. The molecule has 1 aromatic heterocycles. The van der Waals surface area contributed by atoms with Crippen molar-refractivity contribution in [3.05, 3.63) is 24.3 Å². The van der Waals surface area contributed by atoms with Crippen molar-refractivity contribution in [3.8, 4) is 5.88 Å². The molecule has 94 valence electrons. The lowest BCUT2D eigenvalue weighted by Gasteiger charge is -2.14. The van der Waals surface area contributed by atoms with Crippen molar-refractivity contribution in [3.63, 3.8) is 0 Å². The van der Waals surface area contributed by atoms with Crippen molar-refractivity contribution in [2.75, 3.05) is 25.5 Å². The summed E-state index contributed by atoms with van der Waals surface area (Å²) < 4.78 is 5.31. The van der Waals surface area contributed by atoms with E-state index < -0.39 is 0 Å². The standard InChI is InChI=1S/C13H16N4O/c1-18-13-12(15-9-6-7-14-8-9)16-10-4-2-3-5-11(10)17-13/h2-5,9,14H,6-8H2,1H3,(H,15,16). The van der Waals surface area contributed by atoms with Gasteiger partial charge in [0.1, 0.15) is 0 Å². The van der Waals surface area contributed by atoms with Crippen LogP contribution in [-0.4, -0.2) is 36.2 Å². The smallest absolute Gasteiger partial charge is 0.257 e. The van der Waals surface area contributed by atoms with E-state index in [-0.39, 0.29) is 0 Å². The number of benzene rings is 1. The number of fused-ring (bicyclic) bond motifs is 1. The number of ether oxygens (including phenoxy) is 1. The normalized spacial score (nSPS) is 19.1. The first-order chi connectivity index (χ1) is 8.86. The van der Waals surface area contributed by atoms with Crippen molar-refractivity contribution >= 4 is 16.9 Å². The summed E-state index contributed by atoms with van der Waals surface area (Å²) in [6.45, 7) is 2.00. The fourth-order valence-corrected chi connectivity index (χ4v) is 2.19. The molecule has 0 aliphatic carbocycles. The van der Waals surface area contributed by atoms with E-state index in [1.165, 1.54) is 0 Å². The van der Waals surface area contributed by atoms with Gasteiger partial charge in [-0.15, -0.1) is 0 Å². The zero-order valence-electron chi connectivity index (χ0n) is 10.3. The summed E-state index contributed by atoms with van der Waals surface area (Å²) in [4.78, 5) is 9.05. The van der Waals surface area contributed by atoms with Gasteiger partial charge in [-0.3, -0.25) is 0 Å². The first-order valence-electron chi connectivity index (χ1n) is 6.15. The van der Waals surface area contributed by atoms with Crippen LogP contribution in [0.1, 0.15) is 6.42 Å². The topological polar surface area (TPSA) is 59.1 Å². The zero-order chi connectivity index (χ0) is 12.4. The minimum Gasteiger partial charge on any atom is -0.478 e. The van der Waals surface area contributed by atoms with E-state index in [1.54, 1.807) is 7.11 Å². The summed E-state index contributed by atoms with van der Waals surface area (Å²) >= 11 is 0. The molecule has 0 amide bonds. The van der Waals surface area contributed by atoms with E-state index >= 15 is 0 Å². The molecular formula is C13H16N4O. The second-order valence-electron chi connectivity index (χ2n) is 4.40. The van der Waals surface area contributed by atoms with E-state index in [0.717, 1.165) is 36.4 Å². The Bertz CT molecular complexity index is 552. The summed E-state index contributed by atoms with van der Waals surface area (Å²) in [5.74, 6) is 1.28. The second kappa shape index (κ2) is 4.78. The molecule has 5 nitrogen and oxygen atoms in total. The lowest BCUT2D eigenvalue weighted by Crippen LogP contribution is -2.23. The van der Waals surface area contributed by atoms with E-state index in [4.69, 9.17) is 4.74 Å². The maximum absolute atomic E-state index is 5.31. The molecule has 1 aliphatic heterocycles. The van der Waals surface area contributed by atoms with Crippen LogP contribution in [0.15, 0.2) is 24.3 Å². The molecule has 1 aromatic carbocycles. The predicted octanol–water partition coefficient (Wildman–Crippen LogP) is 1.41. The Labute approximate surface area is 106 Å². The maximum Gasteiger partial charge on any atom is 0.257 e. The number of hydrogen-bond acceptors (Lipinski definition) is 5. The molecule has 1 atom stereocenters.